The fraction of sp³-hybridized carbons (Fsp3) is 0.600. The Balaban J connectivity index is 2.01. The van der Waals surface area contributed by atoms with Gasteiger partial charge in [-0.2, -0.15) is 0 Å². The molecule has 2 rings (SSSR count). The molecule has 0 aliphatic carbocycles. The number of nitrogens with one attached hydrogen (secondary N) is 2. The zero-order valence-electron chi connectivity index (χ0n) is 12.5. The predicted octanol–water partition coefficient (Wildman–Crippen LogP) is 2.20. The highest BCUT2D eigenvalue weighted by Gasteiger charge is 2.28. The summed E-state index contributed by atoms with van der Waals surface area (Å²) in [7, 11) is 0. The monoisotopic (exact) mass is 295 g/mol. The normalized spacial score (nSPS) is 17.3. The van der Waals surface area contributed by atoms with Gasteiger partial charge in [-0.1, -0.05) is 6.92 Å². The van der Waals surface area contributed by atoms with Gasteiger partial charge >= 0.3 is 0 Å². The first kappa shape index (κ1) is 15.7. The first-order chi connectivity index (χ1) is 10.1. The van der Waals surface area contributed by atoms with Gasteiger partial charge in [0.15, 0.2) is 11.6 Å². The summed E-state index contributed by atoms with van der Waals surface area (Å²) >= 11 is 0. The van der Waals surface area contributed by atoms with Crippen molar-refractivity contribution in [2.45, 2.75) is 26.7 Å². The minimum absolute atomic E-state index is 0.0158. The van der Waals surface area contributed by atoms with Gasteiger partial charge < -0.3 is 15.4 Å². The highest BCUT2D eigenvalue weighted by Crippen LogP contribution is 2.28. The molecule has 1 amide bonds. The molecule has 1 saturated heterocycles. The standard InChI is InChI=1S/C15H22FN3O2/c1-3-17-13-12(16)11(4-7-18-13)14(20)19-10-15(2)5-8-21-9-6-15/h4,7H,3,5-6,8-10H2,1-2H3,(H,17,18)(H,19,20). The Morgan fingerprint density at radius 2 is 2.19 bits per heavy atom. The van der Waals surface area contributed by atoms with Crippen molar-refractivity contribution in [2.75, 3.05) is 31.6 Å². The Morgan fingerprint density at radius 1 is 1.48 bits per heavy atom. The summed E-state index contributed by atoms with van der Waals surface area (Å²) in [6.45, 7) is 6.45. The SMILES string of the molecule is CCNc1nccc(C(=O)NCC2(C)CCOCC2)c1F. The minimum Gasteiger partial charge on any atom is -0.381 e. The number of nitrogens with zero attached hydrogens (tertiary/aromatic N) is 1. The molecule has 0 unspecified atom stereocenters. The summed E-state index contributed by atoms with van der Waals surface area (Å²) in [6.07, 6.45) is 3.23. The Morgan fingerprint density at radius 3 is 2.86 bits per heavy atom. The maximum Gasteiger partial charge on any atom is 0.254 e. The maximum atomic E-state index is 14.2. The van der Waals surface area contributed by atoms with Crippen LogP contribution in [0.2, 0.25) is 0 Å². The third kappa shape index (κ3) is 3.91. The van der Waals surface area contributed by atoms with Crippen molar-refractivity contribution in [3.63, 3.8) is 0 Å². The topological polar surface area (TPSA) is 63.2 Å². The number of carbonyl (C=O) groups is 1. The highest BCUT2D eigenvalue weighted by molar-refractivity contribution is 5.95. The zero-order chi connectivity index (χ0) is 15.3. The minimum atomic E-state index is -0.603. The Labute approximate surface area is 124 Å². The van der Waals surface area contributed by atoms with E-state index in [1.54, 1.807) is 0 Å². The smallest absolute Gasteiger partial charge is 0.254 e. The second kappa shape index (κ2) is 6.85. The number of aromatic nitrogens is 1. The number of pyridine rings is 1. The lowest BCUT2D eigenvalue weighted by molar-refractivity contribution is 0.0238. The van der Waals surface area contributed by atoms with Crippen LogP contribution in [0.25, 0.3) is 0 Å². The molecule has 116 valence electrons. The molecule has 6 heteroatoms. The van der Waals surface area contributed by atoms with Crippen molar-refractivity contribution in [1.82, 2.24) is 10.3 Å². The van der Waals surface area contributed by atoms with Crippen LogP contribution in [-0.4, -0.2) is 37.2 Å². The van der Waals surface area contributed by atoms with Crippen LogP contribution in [0.5, 0.6) is 0 Å². The van der Waals surface area contributed by atoms with E-state index in [1.807, 2.05) is 6.92 Å². The zero-order valence-corrected chi connectivity index (χ0v) is 12.5. The third-order valence-corrected chi connectivity index (χ3v) is 3.85. The van der Waals surface area contributed by atoms with Crippen molar-refractivity contribution in [2.24, 2.45) is 5.41 Å². The van der Waals surface area contributed by atoms with E-state index in [2.05, 4.69) is 22.5 Å². The van der Waals surface area contributed by atoms with E-state index in [1.165, 1.54) is 12.3 Å². The van der Waals surface area contributed by atoms with Crippen molar-refractivity contribution in [3.05, 3.63) is 23.6 Å². The number of rotatable bonds is 5. The Hall–Kier alpha value is -1.69. The van der Waals surface area contributed by atoms with E-state index in [4.69, 9.17) is 4.74 Å². The number of ether oxygens (including phenoxy) is 1. The van der Waals surface area contributed by atoms with Crippen LogP contribution in [0.1, 0.15) is 37.0 Å². The van der Waals surface area contributed by atoms with Gasteiger partial charge in [0.2, 0.25) is 0 Å². The van der Waals surface area contributed by atoms with Crippen molar-refractivity contribution >= 4 is 11.7 Å². The highest BCUT2D eigenvalue weighted by atomic mass is 19.1. The number of hydrogen-bond acceptors (Lipinski definition) is 4. The van der Waals surface area contributed by atoms with Gasteiger partial charge in [0.1, 0.15) is 0 Å². The van der Waals surface area contributed by atoms with E-state index in [0.717, 1.165) is 12.8 Å². The number of anilines is 1. The average molecular weight is 295 g/mol. The van der Waals surface area contributed by atoms with E-state index in [-0.39, 0.29) is 16.8 Å². The van der Waals surface area contributed by atoms with Gasteiger partial charge in [0.25, 0.3) is 5.91 Å². The molecule has 1 aliphatic heterocycles. The average Bonchev–Trinajstić information content (AvgIpc) is 2.48. The predicted molar refractivity (Wildman–Crippen MR) is 78.9 cm³/mol. The number of amides is 1. The summed E-state index contributed by atoms with van der Waals surface area (Å²) in [5.74, 6) is -0.891. The van der Waals surface area contributed by atoms with Crippen LogP contribution in [-0.2, 0) is 4.74 Å². The van der Waals surface area contributed by atoms with Gasteiger partial charge in [-0.15, -0.1) is 0 Å². The Bertz CT molecular complexity index is 502. The van der Waals surface area contributed by atoms with Crippen LogP contribution in [0.4, 0.5) is 10.2 Å². The van der Waals surface area contributed by atoms with E-state index < -0.39 is 11.7 Å². The van der Waals surface area contributed by atoms with Crippen molar-refractivity contribution < 1.29 is 13.9 Å². The first-order valence-electron chi connectivity index (χ1n) is 7.30. The number of halogens is 1. The van der Waals surface area contributed by atoms with Crippen LogP contribution >= 0.6 is 0 Å². The lowest BCUT2D eigenvalue weighted by Crippen LogP contribution is -2.39. The van der Waals surface area contributed by atoms with Gasteiger partial charge in [0, 0.05) is 32.5 Å². The third-order valence-electron chi connectivity index (χ3n) is 3.85. The summed E-state index contributed by atoms with van der Waals surface area (Å²) in [5.41, 5.74) is 0.0404. The van der Waals surface area contributed by atoms with Crippen LogP contribution < -0.4 is 10.6 Å². The van der Waals surface area contributed by atoms with E-state index in [0.29, 0.717) is 26.3 Å². The largest absolute Gasteiger partial charge is 0.381 e. The molecule has 5 nitrogen and oxygen atoms in total. The second-order valence-corrected chi connectivity index (χ2v) is 5.66. The molecular weight excluding hydrogens is 273 g/mol. The lowest BCUT2D eigenvalue weighted by atomic mass is 9.82. The molecule has 2 N–H and O–H groups in total. The molecule has 0 atom stereocenters. The summed E-state index contributed by atoms with van der Waals surface area (Å²) in [6, 6.07) is 1.40. The fourth-order valence-corrected chi connectivity index (χ4v) is 2.34. The summed E-state index contributed by atoms with van der Waals surface area (Å²) in [5, 5.41) is 5.63. The van der Waals surface area contributed by atoms with Crippen molar-refractivity contribution in [3.8, 4) is 0 Å². The molecular formula is C15H22FN3O2. The van der Waals surface area contributed by atoms with Crippen LogP contribution in [0.3, 0.4) is 0 Å². The first-order valence-corrected chi connectivity index (χ1v) is 7.30. The molecule has 1 fully saturated rings. The molecule has 21 heavy (non-hydrogen) atoms. The van der Waals surface area contributed by atoms with Crippen LogP contribution in [0.15, 0.2) is 12.3 Å². The maximum absolute atomic E-state index is 14.2. The van der Waals surface area contributed by atoms with Gasteiger partial charge in [-0.25, -0.2) is 9.37 Å². The molecule has 0 spiro atoms. The van der Waals surface area contributed by atoms with E-state index in [9.17, 15) is 9.18 Å². The summed E-state index contributed by atoms with van der Waals surface area (Å²) in [4.78, 5) is 16.1. The van der Waals surface area contributed by atoms with Gasteiger partial charge in [-0.3, -0.25) is 4.79 Å². The number of carbonyl (C=O) groups excluding carboxylic acids is 1. The molecule has 0 saturated carbocycles. The quantitative estimate of drug-likeness (QED) is 0.874. The fourth-order valence-electron chi connectivity index (χ4n) is 2.34. The molecule has 0 bridgehead atoms. The molecule has 1 aromatic rings. The van der Waals surface area contributed by atoms with E-state index >= 15 is 0 Å². The molecule has 1 aromatic heterocycles. The molecule has 0 aromatic carbocycles. The van der Waals surface area contributed by atoms with Crippen LogP contribution in [0, 0.1) is 11.2 Å². The molecule has 2 heterocycles. The Kier molecular flexibility index (Phi) is 5.12. The lowest BCUT2D eigenvalue weighted by Gasteiger charge is -2.33. The van der Waals surface area contributed by atoms with Gasteiger partial charge in [-0.05, 0) is 31.2 Å². The van der Waals surface area contributed by atoms with Gasteiger partial charge in [0.05, 0.1) is 5.56 Å². The second-order valence-electron chi connectivity index (χ2n) is 5.66. The molecule has 0 radical (unpaired) electrons. The molecule has 1 aliphatic rings. The number of hydrogen-bond donors (Lipinski definition) is 2. The van der Waals surface area contributed by atoms with Crippen molar-refractivity contribution in [1.29, 1.82) is 0 Å². The summed E-state index contributed by atoms with van der Waals surface area (Å²) < 4.78 is 19.5.